The molecule has 0 radical (unpaired) electrons. The highest BCUT2D eigenvalue weighted by Crippen LogP contribution is 2.13. The second kappa shape index (κ2) is 12.7. The van der Waals surface area contributed by atoms with Crippen molar-refractivity contribution < 1.29 is 4.52 Å². The zero-order valence-electron chi connectivity index (χ0n) is 14.2. The van der Waals surface area contributed by atoms with Gasteiger partial charge in [0.15, 0.2) is 11.8 Å². The number of aryl methyl sites for hydroxylation is 1. The van der Waals surface area contributed by atoms with Gasteiger partial charge in [0.25, 0.3) is 0 Å². The molecule has 6 nitrogen and oxygen atoms in total. The van der Waals surface area contributed by atoms with Gasteiger partial charge in [-0.1, -0.05) is 38.3 Å². The topological polar surface area (TPSA) is 75.3 Å². The van der Waals surface area contributed by atoms with Gasteiger partial charge >= 0.3 is 0 Å². The van der Waals surface area contributed by atoms with Crippen molar-refractivity contribution in [2.24, 2.45) is 10.9 Å². The molecule has 0 spiro atoms. The summed E-state index contributed by atoms with van der Waals surface area (Å²) in [5.74, 6) is 2.72. The van der Waals surface area contributed by atoms with Crippen molar-refractivity contribution in [3.8, 4) is 0 Å². The minimum atomic E-state index is 0. The van der Waals surface area contributed by atoms with Gasteiger partial charge in [0.2, 0.25) is 5.89 Å². The van der Waals surface area contributed by atoms with E-state index in [4.69, 9.17) is 4.52 Å². The minimum Gasteiger partial charge on any atom is -0.356 e. The van der Waals surface area contributed by atoms with Crippen LogP contribution in [0.2, 0.25) is 0 Å². The van der Waals surface area contributed by atoms with E-state index < -0.39 is 0 Å². The summed E-state index contributed by atoms with van der Waals surface area (Å²) in [7, 11) is 1.78. The summed E-state index contributed by atoms with van der Waals surface area (Å²) in [6.45, 7) is 7.74. The molecule has 7 heteroatoms. The predicted molar refractivity (Wildman–Crippen MR) is 101 cm³/mol. The zero-order chi connectivity index (χ0) is 15.5. The third-order valence-corrected chi connectivity index (χ3v) is 3.43. The summed E-state index contributed by atoms with van der Waals surface area (Å²) in [6, 6.07) is 0. The van der Waals surface area contributed by atoms with E-state index in [0.717, 1.165) is 12.5 Å². The SMILES string of the molecule is CCCCC(CCC)CNC(=NC)NCc1noc(C)n1.I. The average molecular weight is 423 g/mol. The molecule has 1 aromatic heterocycles. The molecule has 2 N–H and O–H groups in total. The van der Waals surface area contributed by atoms with Crippen molar-refractivity contribution in [3.63, 3.8) is 0 Å². The van der Waals surface area contributed by atoms with E-state index in [-0.39, 0.29) is 24.0 Å². The highest BCUT2D eigenvalue weighted by atomic mass is 127. The van der Waals surface area contributed by atoms with Crippen molar-refractivity contribution in [2.45, 2.75) is 59.4 Å². The van der Waals surface area contributed by atoms with E-state index in [1.165, 1.54) is 32.1 Å². The van der Waals surface area contributed by atoms with Gasteiger partial charge in [-0.25, -0.2) is 0 Å². The van der Waals surface area contributed by atoms with Crippen LogP contribution in [0.25, 0.3) is 0 Å². The molecule has 0 fully saturated rings. The van der Waals surface area contributed by atoms with Crippen LogP contribution in [0.15, 0.2) is 9.52 Å². The number of guanidine groups is 1. The molecule has 1 rings (SSSR count). The van der Waals surface area contributed by atoms with Gasteiger partial charge in [-0.2, -0.15) is 4.98 Å². The number of aliphatic imine (C=N–C) groups is 1. The summed E-state index contributed by atoms with van der Waals surface area (Å²) in [5, 5.41) is 10.5. The lowest BCUT2D eigenvalue weighted by atomic mass is 9.97. The molecule has 0 aromatic carbocycles. The fraction of sp³-hybridized carbons (Fsp3) is 0.800. The summed E-state index contributed by atoms with van der Waals surface area (Å²) in [5.41, 5.74) is 0. The van der Waals surface area contributed by atoms with E-state index in [0.29, 0.717) is 24.2 Å². The highest BCUT2D eigenvalue weighted by molar-refractivity contribution is 14.0. The first-order valence-electron chi connectivity index (χ1n) is 7.93. The molecule has 0 saturated heterocycles. The Morgan fingerprint density at radius 1 is 1.23 bits per heavy atom. The molecular formula is C15H30IN5O. The highest BCUT2D eigenvalue weighted by Gasteiger charge is 2.09. The van der Waals surface area contributed by atoms with E-state index >= 15 is 0 Å². The first-order chi connectivity index (χ1) is 10.2. The molecular weight excluding hydrogens is 393 g/mol. The first kappa shape index (κ1) is 21.1. The summed E-state index contributed by atoms with van der Waals surface area (Å²) in [4.78, 5) is 8.39. The van der Waals surface area contributed by atoms with E-state index in [1.54, 1.807) is 14.0 Å². The Balaban J connectivity index is 0.00000441. The fourth-order valence-electron chi connectivity index (χ4n) is 2.29. The maximum atomic E-state index is 4.94. The predicted octanol–water partition coefficient (Wildman–Crippen LogP) is 3.27. The number of nitrogens with one attached hydrogen (secondary N) is 2. The number of nitrogens with zero attached hydrogens (tertiary/aromatic N) is 3. The molecule has 0 aliphatic carbocycles. The van der Waals surface area contributed by atoms with Gasteiger partial charge < -0.3 is 15.2 Å². The Kier molecular flexibility index (Phi) is 12.2. The maximum Gasteiger partial charge on any atom is 0.223 e. The molecule has 1 atom stereocenters. The van der Waals surface area contributed by atoms with Crippen LogP contribution in [-0.4, -0.2) is 29.7 Å². The molecule has 0 aliphatic heterocycles. The van der Waals surface area contributed by atoms with Crippen molar-refractivity contribution >= 4 is 29.9 Å². The Bertz CT molecular complexity index is 422. The van der Waals surface area contributed by atoms with Crippen LogP contribution < -0.4 is 10.6 Å². The molecule has 0 aliphatic rings. The third kappa shape index (κ3) is 8.55. The minimum absolute atomic E-state index is 0. The molecule has 0 saturated carbocycles. The number of aromatic nitrogens is 2. The van der Waals surface area contributed by atoms with Crippen LogP contribution in [0, 0.1) is 12.8 Å². The number of hydrogen-bond acceptors (Lipinski definition) is 4. The summed E-state index contributed by atoms with van der Waals surface area (Å²) >= 11 is 0. The normalized spacial score (nSPS) is 12.6. The van der Waals surface area contributed by atoms with Crippen molar-refractivity contribution in [1.29, 1.82) is 0 Å². The van der Waals surface area contributed by atoms with E-state index in [9.17, 15) is 0 Å². The Hall–Kier alpha value is -0.860. The van der Waals surface area contributed by atoms with Crippen LogP contribution in [0.4, 0.5) is 0 Å². The maximum absolute atomic E-state index is 4.94. The quantitative estimate of drug-likeness (QED) is 0.362. The fourth-order valence-corrected chi connectivity index (χ4v) is 2.29. The lowest BCUT2D eigenvalue weighted by molar-refractivity contribution is 0.386. The van der Waals surface area contributed by atoms with Gasteiger partial charge in [-0.3, -0.25) is 4.99 Å². The van der Waals surface area contributed by atoms with Crippen molar-refractivity contribution in [1.82, 2.24) is 20.8 Å². The number of hydrogen-bond donors (Lipinski definition) is 2. The van der Waals surface area contributed by atoms with Gasteiger partial charge in [-0.15, -0.1) is 24.0 Å². The Morgan fingerprint density at radius 3 is 2.55 bits per heavy atom. The second-order valence-corrected chi connectivity index (χ2v) is 5.33. The smallest absolute Gasteiger partial charge is 0.223 e. The summed E-state index contributed by atoms with van der Waals surface area (Å²) < 4.78 is 4.94. The van der Waals surface area contributed by atoms with Crippen LogP contribution in [0.1, 0.15) is 57.7 Å². The largest absolute Gasteiger partial charge is 0.356 e. The van der Waals surface area contributed by atoms with Crippen molar-refractivity contribution in [3.05, 3.63) is 11.7 Å². The second-order valence-electron chi connectivity index (χ2n) is 5.33. The van der Waals surface area contributed by atoms with E-state index in [1.807, 2.05) is 0 Å². The molecule has 0 bridgehead atoms. The molecule has 22 heavy (non-hydrogen) atoms. The molecule has 1 unspecified atom stereocenters. The van der Waals surface area contributed by atoms with Gasteiger partial charge in [0, 0.05) is 20.5 Å². The van der Waals surface area contributed by atoms with Crippen LogP contribution in [-0.2, 0) is 6.54 Å². The molecule has 128 valence electrons. The van der Waals surface area contributed by atoms with Crippen LogP contribution in [0.3, 0.4) is 0 Å². The summed E-state index contributed by atoms with van der Waals surface area (Å²) in [6.07, 6.45) is 6.31. The number of rotatable bonds is 9. The van der Waals surface area contributed by atoms with Crippen LogP contribution in [0.5, 0.6) is 0 Å². The lowest BCUT2D eigenvalue weighted by Crippen LogP contribution is -2.39. The van der Waals surface area contributed by atoms with E-state index in [2.05, 4.69) is 39.6 Å². The molecule has 1 heterocycles. The number of halogens is 1. The Labute approximate surface area is 150 Å². The number of unbranched alkanes of at least 4 members (excludes halogenated alkanes) is 1. The Morgan fingerprint density at radius 2 is 2.00 bits per heavy atom. The molecule has 1 aromatic rings. The van der Waals surface area contributed by atoms with Crippen LogP contribution >= 0.6 is 24.0 Å². The first-order valence-corrected chi connectivity index (χ1v) is 7.93. The monoisotopic (exact) mass is 423 g/mol. The average Bonchev–Trinajstić information content (AvgIpc) is 2.90. The van der Waals surface area contributed by atoms with Crippen molar-refractivity contribution in [2.75, 3.05) is 13.6 Å². The molecule has 0 amide bonds. The zero-order valence-corrected chi connectivity index (χ0v) is 16.5. The lowest BCUT2D eigenvalue weighted by Gasteiger charge is -2.18. The van der Waals surface area contributed by atoms with Gasteiger partial charge in [0.1, 0.15) is 0 Å². The standard InChI is InChI=1S/C15H29N5O.HI/c1-5-7-9-13(8-6-2)10-17-15(16-4)18-11-14-19-12(3)21-20-14;/h13H,5-11H2,1-4H3,(H2,16,17,18);1H. The van der Waals surface area contributed by atoms with Gasteiger partial charge in [-0.05, 0) is 18.8 Å². The van der Waals surface area contributed by atoms with Gasteiger partial charge in [0.05, 0.1) is 6.54 Å². The third-order valence-electron chi connectivity index (χ3n) is 3.43.